The fraction of sp³-hybridized carbons (Fsp3) is 0.462. The number of hydrogen-bond acceptors (Lipinski definition) is 2. The van der Waals surface area contributed by atoms with E-state index >= 15 is 0 Å². The van der Waals surface area contributed by atoms with Crippen molar-refractivity contribution >= 4 is 5.91 Å². The highest BCUT2D eigenvalue weighted by molar-refractivity contribution is 5.78. The fourth-order valence-corrected chi connectivity index (χ4v) is 2.43. The lowest BCUT2D eigenvalue weighted by Gasteiger charge is -2.24. The minimum atomic E-state index is -0.225. The first-order chi connectivity index (χ1) is 8.20. The van der Waals surface area contributed by atoms with Crippen molar-refractivity contribution in [3.05, 3.63) is 35.6 Å². The molecular formula is C13H17FN2O. The third-order valence-electron chi connectivity index (χ3n) is 3.23. The largest absolute Gasteiger partial charge is 0.338 e. The third kappa shape index (κ3) is 2.82. The van der Waals surface area contributed by atoms with Gasteiger partial charge in [-0.05, 0) is 37.0 Å². The molecule has 1 aromatic carbocycles. The standard InChI is InChI=1S/C13H17FN2O/c14-11-4-1-3-10(7-11)8-12-5-2-6-16(12)13(17)9-15/h1,3-4,7,12H,2,5-6,8-9,15H2. The van der Waals surface area contributed by atoms with Crippen LogP contribution in [0, 0.1) is 5.82 Å². The smallest absolute Gasteiger partial charge is 0.236 e. The van der Waals surface area contributed by atoms with E-state index < -0.39 is 0 Å². The Bertz CT molecular complexity index is 408. The van der Waals surface area contributed by atoms with Crippen molar-refractivity contribution in [2.75, 3.05) is 13.1 Å². The highest BCUT2D eigenvalue weighted by Crippen LogP contribution is 2.21. The van der Waals surface area contributed by atoms with Gasteiger partial charge in [0, 0.05) is 12.6 Å². The van der Waals surface area contributed by atoms with Gasteiger partial charge in [0.25, 0.3) is 0 Å². The van der Waals surface area contributed by atoms with Gasteiger partial charge in [0.1, 0.15) is 5.82 Å². The summed E-state index contributed by atoms with van der Waals surface area (Å²) in [7, 11) is 0. The number of likely N-dealkylation sites (tertiary alicyclic amines) is 1. The molecule has 2 rings (SSSR count). The van der Waals surface area contributed by atoms with Crippen molar-refractivity contribution in [1.82, 2.24) is 4.90 Å². The molecule has 92 valence electrons. The maximum atomic E-state index is 13.1. The Hall–Kier alpha value is -1.42. The van der Waals surface area contributed by atoms with Gasteiger partial charge in [-0.3, -0.25) is 4.79 Å². The number of halogens is 1. The zero-order valence-corrected chi connectivity index (χ0v) is 9.73. The number of nitrogens with two attached hydrogens (primary N) is 1. The predicted molar refractivity (Wildman–Crippen MR) is 63.9 cm³/mol. The van der Waals surface area contributed by atoms with Crippen LogP contribution < -0.4 is 5.73 Å². The van der Waals surface area contributed by atoms with Crippen LogP contribution in [0.2, 0.25) is 0 Å². The van der Waals surface area contributed by atoms with Crippen LogP contribution in [-0.2, 0) is 11.2 Å². The Morgan fingerprint density at radius 2 is 2.35 bits per heavy atom. The van der Waals surface area contributed by atoms with E-state index in [4.69, 9.17) is 5.73 Å². The molecule has 0 aromatic heterocycles. The van der Waals surface area contributed by atoms with Crippen LogP contribution in [-0.4, -0.2) is 29.9 Å². The van der Waals surface area contributed by atoms with Crippen LogP contribution in [0.1, 0.15) is 18.4 Å². The van der Waals surface area contributed by atoms with Crippen LogP contribution in [0.25, 0.3) is 0 Å². The van der Waals surface area contributed by atoms with Crippen molar-refractivity contribution in [3.63, 3.8) is 0 Å². The molecule has 1 atom stereocenters. The number of rotatable bonds is 3. The molecule has 1 aromatic rings. The van der Waals surface area contributed by atoms with Crippen LogP contribution in [0.5, 0.6) is 0 Å². The molecule has 0 saturated carbocycles. The molecule has 0 spiro atoms. The average molecular weight is 236 g/mol. The predicted octanol–water partition coefficient (Wildman–Crippen LogP) is 1.32. The SMILES string of the molecule is NCC(=O)N1CCCC1Cc1cccc(F)c1. The van der Waals surface area contributed by atoms with Crippen molar-refractivity contribution in [1.29, 1.82) is 0 Å². The summed E-state index contributed by atoms with van der Waals surface area (Å²) in [4.78, 5) is 13.4. The zero-order valence-electron chi connectivity index (χ0n) is 9.73. The second-order valence-corrected chi connectivity index (χ2v) is 4.42. The first kappa shape index (κ1) is 12.0. The first-order valence-corrected chi connectivity index (χ1v) is 5.94. The second-order valence-electron chi connectivity index (χ2n) is 4.42. The maximum absolute atomic E-state index is 13.1. The minimum absolute atomic E-state index is 0.0103. The van der Waals surface area contributed by atoms with Gasteiger partial charge in [0.2, 0.25) is 5.91 Å². The van der Waals surface area contributed by atoms with E-state index in [0.717, 1.165) is 24.9 Å². The van der Waals surface area contributed by atoms with Crippen LogP contribution in [0.4, 0.5) is 4.39 Å². The number of carbonyl (C=O) groups excluding carboxylic acids is 1. The monoisotopic (exact) mass is 236 g/mol. The molecule has 1 aliphatic rings. The van der Waals surface area contributed by atoms with E-state index in [-0.39, 0.29) is 24.3 Å². The number of carbonyl (C=O) groups is 1. The average Bonchev–Trinajstić information content (AvgIpc) is 2.76. The summed E-state index contributed by atoms with van der Waals surface area (Å²) in [6.45, 7) is 0.829. The molecule has 1 fully saturated rings. The van der Waals surface area contributed by atoms with Gasteiger partial charge in [-0.15, -0.1) is 0 Å². The summed E-state index contributed by atoms with van der Waals surface area (Å²) >= 11 is 0. The molecule has 1 saturated heterocycles. The molecule has 0 aliphatic carbocycles. The van der Waals surface area contributed by atoms with Gasteiger partial charge in [0.05, 0.1) is 6.54 Å². The lowest BCUT2D eigenvalue weighted by molar-refractivity contribution is -0.130. The van der Waals surface area contributed by atoms with Gasteiger partial charge in [0.15, 0.2) is 0 Å². The molecule has 1 aliphatic heterocycles. The Morgan fingerprint density at radius 1 is 1.53 bits per heavy atom. The molecule has 1 heterocycles. The topological polar surface area (TPSA) is 46.3 Å². The maximum Gasteiger partial charge on any atom is 0.236 e. The van der Waals surface area contributed by atoms with Gasteiger partial charge in [-0.1, -0.05) is 12.1 Å². The molecular weight excluding hydrogens is 219 g/mol. The summed E-state index contributed by atoms with van der Waals surface area (Å²) in [5, 5.41) is 0. The van der Waals surface area contributed by atoms with Crippen molar-refractivity contribution in [2.45, 2.75) is 25.3 Å². The van der Waals surface area contributed by atoms with E-state index in [1.54, 1.807) is 6.07 Å². The lowest BCUT2D eigenvalue weighted by atomic mass is 10.0. The van der Waals surface area contributed by atoms with Crippen LogP contribution in [0.15, 0.2) is 24.3 Å². The van der Waals surface area contributed by atoms with Crippen molar-refractivity contribution in [2.24, 2.45) is 5.73 Å². The number of amides is 1. The van der Waals surface area contributed by atoms with Crippen molar-refractivity contribution in [3.8, 4) is 0 Å². The van der Waals surface area contributed by atoms with Crippen molar-refractivity contribution < 1.29 is 9.18 Å². The highest BCUT2D eigenvalue weighted by atomic mass is 19.1. The summed E-state index contributed by atoms with van der Waals surface area (Å²) in [5.41, 5.74) is 6.32. The molecule has 0 bridgehead atoms. The van der Waals surface area contributed by atoms with E-state index in [9.17, 15) is 9.18 Å². The van der Waals surface area contributed by atoms with Crippen LogP contribution >= 0.6 is 0 Å². The Labute approximate surface area is 100 Å². The lowest BCUT2D eigenvalue weighted by Crippen LogP contribution is -2.40. The molecule has 0 radical (unpaired) electrons. The van der Waals surface area contributed by atoms with E-state index in [1.165, 1.54) is 12.1 Å². The normalized spacial score (nSPS) is 19.6. The first-order valence-electron chi connectivity index (χ1n) is 5.94. The molecule has 17 heavy (non-hydrogen) atoms. The summed E-state index contributed by atoms with van der Waals surface area (Å²) in [6, 6.07) is 6.74. The quantitative estimate of drug-likeness (QED) is 0.860. The number of nitrogens with zero attached hydrogens (tertiary/aromatic N) is 1. The summed E-state index contributed by atoms with van der Waals surface area (Å²) in [6.07, 6.45) is 2.69. The second kappa shape index (κ2) is 5.27. The Kier molecular flexibility index (Phi) is 3.74. The van der Waals surface area contributed by atoms with Gasteiger partial charge in [-0.25, -0.2) is 4.39 Å². The molecule has 1 unspecified atom stereocenters. The van der Waals surface area contributed by atoms with Gasteiger partial charge < -0.3 is 10.6 Å². The zero-order chi connectivity index (χ0) is 12.3. The van der Waals surface area contributed by atoms with Gasteiger partial charge in [-0.2, -0.15) is 0 Å². The highest BCUT2D eigenvalue weighted by Gasteiger charge is 2.27. The fourth-order valence-electron chi connectivity index (χ4n) is 2.43. The van der Waals surface area contributed by atoms with Crippen LogP contribution in [0.3, 0.4) is 0 Å². The van der Waals surface area contributed by atoms with Gasteiger partial charge >= 0.3 is 0 Å². The summed E-state index contributed by atoms with van der Waals surface area (Å²) < 4.78 is 13.1. The Morgan fingerprint density at radius 3 is 3.06 bits per heavy atom. The van der Waals surface area contributed by atoms with E-state index in [1.807, 2.05) is 11.0 Å². The molecule has 2 N–H and O–H groups in total. The molecule has 1 amide bonds. The minimum Gasteiger partial charge on any atom is -0.338 e. The van der Waals surface area contributed by atoms with E-state index in [2.05, 4.69) is 0 Å². The number of benzene rings is 1. The van der Waals surface area contributed by atoms with E-state index in [0.29, 0.717) is 6.42 Å². The molecule has 3 nitrogen and oxygen atoms in total. The molecule has 4 heteroatoms. The number of hydrogen-bond donors (Lipinski definition) is 1. The third-order valence-corrected chi connectivity index (χ3v) is 3.23. The summed E-state index contributed by atoms with van der Waals surface area (Å²) in [5.74, 6) is -0.235. The Balaban J connectivity index is 2.05.